The van der Waals surface area contributed by atoms with Crippen LogP contribution in [-0.4, -0.2) is 40.2 Å². The van der Waals surface area contributed by atoms with Gasteiger partial charge in [0.1, 0.15) is 5.75 Å². The summed E-state index contributed by atoms with van der Waals surface area (Å²) in [7, 11) is 0. The fraction of sp³-hybridized carbons (Fsp3) is 0.419. The van der Waals surface area contributed by atoms with Gasteiger partial charge >= 0.3 is 0 Å². The second-order valence-electron chi connectivity index (χ2n) is 11.4. The van der Waals surface area contributed by atoms with Crippen LogP contribution in [0, 0.1) is 36.0 Å². The number of anilines is 1. The van der Waals surface area contributed by atoms with Gasteiger partial charge in [-0.15, -0.1) is 0 Å². The van der Waals surface area contributed by atoms with Crippen molar-refractivity contribution in [2.45, 2.75) is 46.0 Å². The van der Waals surface area contributed by atoms with Crippen molar-refractivity contribution in [3.05, 3.63) is 71.3 Å². The molecule has 0 aromatic heterocycles. The Hall–Kier alpha value is -3.74. The summed E-state index contributed by atoms with van der Waals surface area (Å²) in [5.41, 5.74) is 1.94. The molecule has 4 amide bonds. The Labute approximate surface area is 222 Å². The van der Waals surface area contributed by atoms with E-state index in [2.05, 4.69) is 6.08 Å². The number of hydrogen-bond acceptors (Lipinski definition) is 5. The largest absolute Gasteiger partial charge is 0.508 e. The standard InChI is InChI=1S/C31H32N2O5/c1-4-14-32-27(35)21-12-11-20-22(25(21)29(32)37)16-23-28(36)33(19-8-6-5-7-9-19)30(38)31(23,3)26(20)18-10-13-24(34)17(2)15-18/h5-11,13,15,21-23,25-26,34H,4,12,14,16H2,1-3H3/t21-,22+,23-,25-,26-,31+/m0/s1. The molecule has 2 aromatic carbocycles. The molecular formula is C31H32N2O5. The number of amides is 4. The topological polar surface area (TPSA) is 95.0 Å². The summed E-state index contributed by atoms with van der Waals surface area (Å²) >= 11 is 0. The van der Waals surface area contributed by atoms with Crippen molar-refractivity contribution in [3.63, 3.8) is 0 Å². The molecule has 0 radical (unpaired) electrons. The molecule has 38 heavy (non-hydrogen) atoms. The lowest BCUT2D eigenvalue weighted by Gasteiger charge is -2.49. The number of benzene rings is 2. The third kappa shape index (κ3) is 3.20. The lowest BCUT2D eigenvalue weighted by atomic mass is 9.51. The Bertz CT molecular complexity index is 1400. The fourth-order valence-corrected chi connectivity index (χ4v) is 7.59. The third-order valence-electron chi connectivity index (χ3n) is 9.38. The molecule has 6 rings (SSSR count). The highest BCUT2D eigenvalue weighted by Crippen LogP contribution is 2.63. The molecule has 2 aliphatic heterocycles. The minimum absolute atomic E-state index is 0.123. The second-order valence-corrected chi connectivity index (χ2v) is 11.4. The predicted octanol–water partition coefficient (Wildman–Crippen LogP) is 4.34. The Balaban J connectivity index is 1.52. The number of imide groups is 2. The Kier molecular flexibility index (Phi) is 5.60. The van der Waals surface area contributed by atoms with E-state index >= 15 is 0 Å². The van der Waals surface area contributed by atoms with Crippen molar-refractivity contribution in [1.82, 2.24) is 4.90 Å². The molecule has 2 heterocycles. The van der Waals surface area contributed by atoms with Crippen LogP contribution < -0.4 is 4.90 Å². The number of nitrogens with zero attached hydrogens (tertiary/aromatic N) is 2. The first-order chi connectivity index (χ1) is 18.2. The van der Waals surface area contributed by atoms with Gasteiger partial charge in [-0.05, 0) is 68.4 Å². The summed E-state index contributed by atoms with van der Waals surface area (Å²) in [6, 6.07) is 14.3. The number of phenolic OH excluding ortho intramolecular Hbond substituents is 1. The van der Waals surface area contributed by atoms with Gasteiger partial charge in [-0.25, -0.2) is 4.90 Å². The number of rotatable bonds is 4. The number of aryl methyl sites for hydroxylation is 1. The first kappa shape index (κ1) is 24.6. The van der Waals surface area contributed by atoms with Crippen molar-refractivity contribution in [1.29, 1.82) is 0 Å². The van der Waals surface area contributed by atoms with Crippen LogP contribution in [0.2, 0.25) is 0 Å². The molecule has 4 aliphatic rings. The van der Waals surface area contributed by atoms with Crippen LogP contribution in [0.5, 0.6) is 5.75 Å². The van der Waals surface area contributed by atoms with Gasteiger partial charge in [0.25, 0.3) is 0 Å². The summed E-state index contributed by atoms with van der Waals surface area (Å²) in [6.45, 7) is 6.03. The zero-order valence-electron chi connectivity index (χ0n) is 21.9. The number of aromatic hydroxyl groups is 1. The molecule has 196 valence electrons. The summed E-state index contributed by atoms with van der Waals surface area (Å²) in [5.74, 6) is -2.98. The van der Waals surface area contributed by atoms with Crippen LogP contribution in [0.1, 0.15) is 50.2 Å². The molecule has 0 spiro atoms. The van der Waals surface area contributed by atoms with Gasteiger partial charge in [-0.3, -0.25) is 24.1 Å². The molecule has 2 aliphatic carbocycles. The smallest absolute Gasteiger partial charge is 0.241 e. The second kappa shape index (κ2) is 8.65. The summed E-state index contributed by atoms with van der Waals surface area (Å²) in [4.78, 5) is 57.8. The van der Waals surface area contributed by atoms with Crippen molar-refractivity contribution in [2.24, 2.45) is 29.1 Å². The van der Waals surface area contributed by atoms with E-state index in [9.17, 15) is 24.3 Å². The fourth-order valence-electron chi connectivity index (χ4n) is 7.59. The number of hydrogen-bond donors (Lipinski definition) is 1. The van der Waals surface area contributed by atoms with Crippen molar-refractivity contribution in [3.8, 4) is 5.75 Å². The average molecular weight is 513 g/mol. The van der Waals surface area contributed by atoms with Gasteiger partial charge in [0.15, 0.2) is 0 Å². The molecule has 2 saturated heterocycles. The Morgan fingerprint density at radius 3 is 2.39 bits per heavy atom. The van der Waals surface area contributed by atoms with E-state index in [-0.39, 0.29) is 35.3 Å². The minimum atomic E-state index is -1.07. The lowest BCUT2D eigenvalue weighted by molar-refractivity contribution is -0.140. The highest BCUT2D eigenvalue weighted by atomic mass is 16.3. The SMILES string of the molecule is CCCN1C(=O)[C@H]2[C@H](CC=C3[C@H]2C[C@H]2C(=O)N(c4ccccc4)C(=O)[C@@]2(C)[C@H]3c2ccc(O)c(C)c2)C1=O. The molecule has 3 fully saturated rings. The van der Waals surface area contributed by atoms with Gasteiger partial charge in [-0.1, -0.05) is 48.9 Å². The molecule has 6 atom stereocenters. The zero-order valence-corrected chi connectivity index (χ0v) is 21.9. The maximum absolute atomic E-state index is 14.3. The van der Waals surface area contributed by atoms with Crippen molar-refractivity contribution < 1.29 is 24.3 Å². The molecule has 7 heteroatoms. The van der Waals surface area contributed by atoms with E-state index < -0.39 is 29.1 Å². The number of carbonyl (C=O) groups excluding carboxylic acids is 4. The van der Waals surface area contributed by atoms with Crippen LogP contribution in [-0.2, 0) is 19.2 Å². The first-order valence-corrected chi connectivity index (χ1v) is 13.5. The van der Waals surface area contributed by atoms with Crippen molar-refractivity contribution in [2.75, 3.05) is 11.4 Å². The average Bonchev–Trinajstić information content (AvgIpc) is 3.26. The van der Waals surface area contributed by atoms with Gasteiger partial charge in [0.05, 0.1) is 28.9 Å². The highest BCUT2D eigenvalue weighted by Gasteiger charge is 2.67. The number of fused-ring (bicyclic) bond motifs is 4. The first-order valence-electron chi connectivity index (χ1n) is 13.5. The van der Waals surface area contributed by atoms with E-state index in [0.29, 0.717) is 37.1 Å². The molecule has 1 saturated carbocycles. The molecule has 7 nitrogen and oxygen atoms in total. The summed E-state index contributed by atoms with van der Waals surface area (Å²) in [5, 5.41) is 10.2. The predicted molar refractivity (Wildman–Crippen MR) is 141 cm³/mol. The van der Waals surface area contributed by atoms with Gasteiger partial charge in [0, 0.05) is 12.5 Å². The van der Waals surface area contributed by atoms with Crippen LogP contribution in [0.4, 0.5) is 5.69 Å². The maximum atomic E-state index is 14.3. The number of likely N-dealkylation sites (tertiary alicyclic amines) is 1. The Morgan fingerprint density at radius 1 is 0.974 bits per heavy atom. The normalized spacial score (nSPS) is 32.3. The quantitative estimate of drug-likeness (QED) is 0.486. The summed E-state index contributed by atoms with van der Waals surface area (Å²) < 4.78 is 0. The van der Waals surface area contributed by atoms with Crippen LogP contribution in [0.3, 0.4) is 0 Å². The lowest BCUT2D eigenvalue weighted by Crippen LogP contribution is -2.48. The van der Waals surface area contributed by atoms with Crippen LogP contribution in [0.15, 0.2) is 60.2 Å². The molecule has 1 N–H and O–H groups in total. The number of para-hydroxylation sites is 1. The van der Waals surface area contributed by atoms with Gasteiger partial charge < -0.3 is 5.11 Å². The number of carbonyl (C=O) groups is 4. The van der Waals surface area contributed by atoms with Crippen LogP contribution in [0.25, 0.3) is 0 Å². The molecular weight excluding hydrogens is 480 g/mol. The minimum Gasteiger partial charge on any atom is -0.508 e. The van der Waals surface area contributed by atoms with E-state index in [1.165, 1.54) is 9.80 Å². The van der Waals surface area contributed by atoms with E-state index in [1.807, 2.05) is 39.0 Å². The monoisotopic (exact) mass is 512 g/mol. The van der Waals surface area contributed by atoms with Crippen LogP contribution >= 0.6 is 0 Å². The van der Waals surface area contributed by atoms with Gasteiger partial charge in [-0.2, -0.15) is 0 Å². The molecule has 0 bridgehead atoms. The van der Waals surface area contributed by atoms with E-state index in [1.54, 1.807) is 30.3 Å². The summed E-state index contributed by atoms with van der Waals surface area (Å²) in [6.07, 6.45) is 3.55. The maximum Gasteiger partial charge on any atom is 0.241 e. The highest BCUT2D eigenvalue weighted by molar-refractivity contribution is 6.24. The number of allylic oxidation sites excluding steroid dienone is 2. The van der Waals surface area contributed by atoms with E-state index in [4.69, 9.17) is 0 Å². The molecule has 0 unspecified atom stereocenters. The van der Waals surface area contributed by atoms with E-state index in [0.717, 1.165) is 11.1 Å². The van der Waals surface area contributed by atoms with Gasteiger partial charge in [0.2, 0.25) is 23.6 Å². The number of phenols is 1. The molecule has 2 aromatic rings. The zero-order chi connectivity index (χ0) is 26.9. The van der Waals surface area contributed by atoms with Crippen molar-refractivity contribution >= 4 is 29.3 Å². The Morgan fingerprint density at radius 2 is 1.71 bits per heavy atom. The third-order valence-corrected chi connectivity index (χ3v) is 9.38.